The third-order valence-corrected chi connectivity index (χ3v) is 5.65. The van der Waals surface area contributed by atoms with Gasteiger partial charge in [-0.15, -0.1) is 0 Å². The molecule has 3 aromatic rings. The van der Waals surface area contributed by atoms with Gasteiger partial charge in [0.05, 0.1) is 10.0 Å². The number of halogens is 2. The summed E-state index contributed by atoms with van der Waals surface area (Å²) in [5.41, 5.74) is 1.84. The Kier molecular flexibility index (Phi) is 7.59. The van der Waals surface area contributed by atoms with E-state index in [0.717, 1.165) is 21.9 Å². The summed E-state index contributed by atoms with van der Waals surface area (Å²) in [4.78, 5) is 11.7. The molecule has 0 aliphatic carbocycles. The Labute approximate surface area is 186 Å². The number of carboxylic acid groups (broad SMARTS) is 1. The molecule has 158 valence electrons. The number of fused-ring (bicyclic) bond motifs is 1. The second-order valence-electron chi connectivity index (χ2n) is 7.70. The number of aliphatic carboxylic acids is 1. The van der Waals surface area contributed by atoms with Gasteiger partial charge in [0.1, 0.15) is 18.4 Å². The summed E-state index contributed by atoms with van der Waals surface area (Å²) < 4.78 is 6.11. The van der Waals surface area contributed by atoms with Crippen LogP contribution in [0.15, 0.2) is 54.6 Å². The van der Waals surface area contributed by atoms with Crippen LogP contribution in [0.2, 0.25) is 10.0 Å². The van der Waals surface area contributed by atoms with Crippen molar-refractivity contribution in [3.05, 3.63) is 75.8 Å². The average molecular weight is 446 g/mol. The Morgan fingerprint density at radius 1 is 1.07 bits per heavy atom. The predicted octanol–water partition coefficient (Wildman–Crippen LogP) is 6.31. The van der Waals surface area contributed by atoms with E-state index in [0.29, 0.717) is 35.4 Å². The van der Waals surface area contributed by atoms with Gasteiger partial charge in [0, 0.05) is 12.1 Å². The summed E-state index contributed by atoms with van der Waals surface area (Å²) in [7, 11) is 0. The lowest BCUT2D eigenvalue weighted by molar-refractivity contribution is -0.140. The molecule has 0 spiro atoms. The van der Waals surface area contributed by atoms with E-state index in [1.165, 1.54) is 0 Å². The highest BCUT2D eigenvalue weighted by atomic mass is 35.5. The van der Waals surface area contributed by atoms with Crippen LogP contribution in [0, 0.1) is 5.92 Å². The summed E-state index contributed by atoms with van der Waals surface area (Å²) in [6, 6.07) is 16.7. The second kappa shape index (κ2) is 10.2. The minimum atomic E-state index is -0.845. The van der Waals surface area contributed by atoms with Crippen molar-refractivity contribution in [1.29, 1.82) is 0 Å². The molecule has 0 aliphatic rings. The number of carbonyl (C=O) groups is 1. The zero-order chi connectivity index (χ0) is 21.7. The molecule has 2 N–H and O–H groups in total. The molecule has 0 saturated carbocycles. The number of benzene rings is 3. The zero-order valence-electron chi connectivity index (χ0n) is 17.0. The van der Waals surface area contributed by atoms with Gasteiger partial charge in [-0.05, 0) is 46.9 Å². The number of hydrogen-bond donors (Lipinski definition) is 2. The smallest absolute Gasteiger partial charge is 0.320 e. The lowest BCUT2D eigenvalue weighted by Crippen LogP contribution is -2.37. The van der Waals surface area contributed by atoms with E-state index in [2.05, 4.69) is 5.32 Å². The first-order chi connectivity index (χ1) is 14.3. The molecule has 0 aromatic heterocycles. The maximum absolute atomic E-state index is 11.7. The average Bonchev–Trinajstić information content (AvgIpc) is 2.71. The molecular weight excluding hydrogens is 421 g/mol. The van der Waals surface area contributed by atoms with Crippen molar-refractivity contribution in [2.45, 2.75) is 39.5 Å². The molecule has 1 atom stereocenters. The molecule has 3 aromatic carbocycles. The van der Waals surface area contributed by atoms with Crippen molar-refractivity contribution in [2.75, 3.05) is 0 Å². The van der Waals surface area contributed by atoms with Crippen LogP contribution in [0.25, 0.3) is 10.8 Å². The Morgan fingerprint density at radius 2 is 1.83 bits per heavy atom. The van der Waals surface area contributed by atoms with Crippen molar-refractivity contribution in [2.24, 2.45) is 5.92 Å². The van der Waals surface area contributed by atoms with Gasteiger partial charge in [-0.2, -0.15) is 0 Å². The van der Waals surface area contributed by atoms with Crippen molar-refractivity contribution in [3.8, 4) is 5.75 Å². The highest BCUT2D eigenvalue weighted by Crippen LogP contribution is 2.30. The lowest BCUT2D eigenvalue weighted by Gasteiger charge is -2.19. The van der Waals surface area contributed by atoms with Crippen LogP contribution >= 0.6 is 23.2 Å². The van der Waals surface area contributed by atoms with E-state index in [4.69, 9.17) is 27.9 Å². The van der Waals surface area contributed by atoms with Crippen molar-refractivity contribution in [1.82, 2.24) is 5.32 Å². The molecule has 30 heavy (non-hydrogen) atoms. The molecule has 4 nitrogen and oxygen atoms in total. The molecule has 0 aliphatic heterocycles. The fourth-order valence-electron chi connectivity index (χ4n) is 3.39. The number of nitrogens with one attached hydrogen (secondary N) is 1. The van der Waals surface area contributed by atoms with Crippen molar-refractivity contribution < 1.29 is 14.6 Å². The molecule has 0 radical (unpaired) electrons. The lowest BCUT2D eigenvalue weighted by atomic mass is 10.0. The van der Waals surface area contributed by atoms with Gasteiger partial charge >= 0.3 is 5.97 Å². The quantitative estimate of drug-likeness (QED) is 0.404. The predicted molar refractivity (Wildman–Crippen MR) is 122 cm³/mol. The molecule has 0 heterocycles. The van der Waals surface area contributed by atoms with Gasteiger partial charge in [0.2, 0.25) is 0 Å². The summed E-state index contributed by atoms with van der Waals surface area (Å²) in [6.45, 7) is 4.75. The Bertz CT molecular complexity index is 1040. The van der Waals surface area contributed by atoms with E-state index in [1.54, 1.807) is 12.1 Å². The molecule has 1 unspecified atom stereocenters. The first-order valence-corrected chi connectivity index (χ1v) is 10.6. The summed E-state index contributed by atoms with van der Waals surface area (Å²) >= 11 is 12.1. The maximum Gasteiger partial charge on any atom is 0.320 e. The highest BCUT2D eigenvalue weighted by molar-refractivity contribution is 6.42. The number of ether oxygens (including phenoxy) is 1. The van der Waals surface area contributed by atoms with Gasteiger partial charge in [0.15, 0.2) is 0 Å². The van der Waals surface area contributed by atoms with Crippen LogP contribution < -0.4 is 10.1 Å². The van der Waals surface area contributed by atoms with Crippen LogP contribution in [0.1, 0.15) is 31.4 Å². The van der Waals surface area contributed by atoms with Crippen molar-refractivity contribution >= 4 is 39.9 Å². The minimum Gasteiger partial charge on any atom is -0.489 e. The molecule has 0 amide bonds. The molecule has 0 bridgehead atoms. The maximum atomic E-state index is 11.7. The normalized spacial score (nSPS) is 12.3. The second-order valence-corrected chi connectivity index (χ2v) is 8.52. The fraction of sp³-hybridized carbons (Fsp3) is 0.292. The SMILES string of the molecule is CC(C)CC(NCc1c(OCc2ccc(Cl)c(Cl)c2)ccc2ccccc12)C(=O)O. The van der Waals surface area contributed by atoms with Gasteiger partial charge < -0.3 is 15.2 Å². The molecule has 6 heteroatoms. The van der Waals surface area contributed by atoms with Crippen LogP contribution in [0.4, 0.5) is 0 Å². The number of rotatable bonds is 9. The van der Waals surface area contributed by atoms with Crippen LogP contribution in [0.5, 0.6) is 5.75 Å². The standard InChI is InChI=1S/C24H25Cl2NO3/c1-15(2)11-22(24(28)29)27-13-19-18-6-4-3-5-17(18)8-10-23(19)30-14-16-7-9-20(25)21(26)12-16/h3-10,12,15,22,27H,11,13-14H2,1-2H3,(H,28,29). The Morgan fingerprint density at radius 3 is 2.53 bits per heavy atom. The van der Waals surface area contributed by atoms with E-state index >= 15 is 0 Å². The van der Waals surface area contributed by atoms with Gasteiger partial charge in [-0.3, -0.25) is 4.79 Å². The number of carboxylic acids is 1. The molecule has 0 fully saturated rings. The fourth-order valence-corrected chi connectivity index (χ4v) is 3.71. The van der Waals surface area contributed by atoms with E-state index in [-0.39, 0.29) is 5.92 Å². The topological polar surface area (TPSA) is 58.6 Å². The third kappa shape index (κ3) is 5.66. The summed E-state index contributed by atoms with van der Waals surface area (Å²) in [6.07, 6.45) is 0.555. The number of hydrogen-bond acceptors (Lipinski definition) is 3. The monoisotopic (exact) mass is 445 g/mol. The van der Waals surface area contributed by atoms with Gasteiger partial charge in [0.25, 0.3) is 0 Å². The van der Waals surface area contributed by atoms with Crippen LogP contribution in [-0.2, 0) is 17.9 Å². The molecular formula is C24H25Cl2NO3. The molecule has 3 rings (SSSR count). The van der Waals surface area contributed by atoms with E-state index in [1.807, 2.05) is 56.3 Å². The highest BCUT2D eigenvalue weighted by Gasteiger charge is 2.19. The van der Waals surface area contributed by atoms with Gasteiger partial charge in [-0.1, -0.05) is 73.4 Å². The van der Waals surface area contributed by atoms with Crippen LogP contribution in [-0.4, -0.2) is 17.1 Å². The summed E-state index contributed by atoms with van der Waals surface area (Å²) in [5, 5.41) is 15.9. The first kappa shape index (κ1) is 22.4. The summed E-state index contributed by atoms with van der Waals surface area (Å²) in [5.74, 6) is 0.139. The first-order valence-electron chi connectivity index (χ1n) is 9.88. The van der Waals surface area contributed by atoms with E-state index < -0.39 is 12.0 Å². The largest absolute Gasteiger partial charge is 0.489 e. The van der Waals surface area contributed by atoms with Gasteiger partial charge in [-0.25, -0.2) is 0 Å². The van der Waals surface area contributed by atoms with Crippen molar-refractivity contribution in [3.63, 3.8) is 0 Å². The van der Waals surface area contributed by atoms with Crippen LogP contribution in [0.3, 0.4) is 0 Å². The van der Waals surface area contributed by atoms with E-state index in [9.17, 15) is 9.90 Å². The minimum absolute atomic E-state index is 0.275. The zero-order valence-corrected chi connectivity index (χ0v) is 18.5. The third-order valence-electron chi connectivity index (χ3n) is 4.91. The Balaban J connectivity index is 1.86. The molecule has 0 saturated heterocycles. The Hall–Kier alpha value is -2.27.